The van der Waals surface area contributed by atoms with E-state index in [1.165, 1.54) is 23.1 Å². The first kappa shape index (κ1) is 21.1. The van der Waals surface area contributed by atoms with Gasteiger partial charge >= 0.3 is 0 Å². The number of methoxy groups -OCH3 is 1. The third-order valence-corrected chi connectivity index (χ3v) is 6.93. The highest BCUT2D eigenvalue weighted by Gasteiger charge is 2.21. The molecular weight excluding hydrogens is 465 g/mol. The number of fused-ring (bicyclic) bond motifs is 1. The number of aromatic nitrogens is 2. The number of hydrogen-bond acceptors (Lipinski definition) is 7. The summed E-state index contributed by atoms with van der Waals surface area (Å²) in [6.07, 6.45) is 0. The van der Waals surface area contributed by atoms with E-state index in [-0.39, 0.29) is 12.4 Å². The summed E-state index contributed by atoms with van der Waals surface area (Å²) in [7, 11) is 1.57. The van der Waals surface area contributed by atoms with Crippen LogP contribution in [0, 0.1) is 0 Å². The Bertz CT molecular complexity index is 1190. The summed E-state index contributed by atoms with van der Waals surface area (Å²) < 4.78 is 11.7. The van der Waals surface area contributed by atoms with E-state index in [1.54, 1.807) is 25.3 Å². The summed E-state index contributed by atoms with van der Waals surface area (Å²) in [4.78, 5) is 12.8. The first-order valence-electron chi connectivity index (χ1n) is 8.76. The summed E-state index contributed by atoms with van der Waals surface area (Å²) in [5.74, 6) is 0.341. The molecule has 0 aliphatic rings. The molecule has 0 aliphatic carbocycles. The van der Waals surface area contributed by atoms with E-state index in [0.29, 0.717) is 36.4 Å². The monoisotopic (exact) mass is 479 g/mol. The van der Waals surface area contributed by atoms with Gasteiger partial charge in [0.1, 0.15) is 5.58 Å². The number of thioether (sulfide) groups is 1. The Labute approximate surface area is 190 Å². The smallest absolute Gasteiger partial charge is 0.293 e. The fraction of sp³-hybridized carbons (Fsp3) is 0.150. The van der Waals surface area contributed by atoms with Crippen LogP contribution in [0.4, 0.5) is 5.13 Å². The van der Waals surface area contributed by atoms with E-state index >= 15 is 0 Å². The third kappa shape index (κ3) is 4.48. The second-order valence-corrected chi connectivity index (χ2v) is 9.17. The van der Waals surface area contributed by atoms with Crippen LogP contribution in [-0.4, -0.2) is 23.2 Å². The Morgan fingerprint density at radius 1 is 1.13 bits per heavy atom. The number of rotatable bonds is 7. The highest BCUT2D eigenvalue weighted by molar-refractivity contribution is 8.00. The lowest BCUT2D eigenvalue weighted by Gasteiger charge is -2.04. The first-order chi connectivity index (χ1) is 14.6. The number of nitrogens with one attached hydrogen (secondary N) is 1. The summed E-state index contributed by atoms with van der Waals surface area (Å²) in [6.45, 7) is 0.260. The molecular formula is C20H15Cl2N3O3S2. The molecule has 1 N–H and O–H groups in total. The van der Waals surface area contributed by atoms with Gasteiger partial charge in [0.25, 0.3) is 5.91 Å². The van der Waals surface area contributed by atoms with E-state index in [4.69, 9.17) is 32.4 Å². The number of carbonyl (C=O) groups is 1. The Balaban J connectivity index is 1.48. The number of hydrogen-bond donors (Lipinski definition) is 1. The standard InChI is InChI=1S/C20H15Cl2N3O3S2/c1-27-9-12-11-5-2-3-8-16(11)28-17(12)18(26)23-19-24-25-20(30-19)29-10-13-14(21)6-4-7-15(13)22/h2-8H,9-10H2,1H3,(H,23,24,26). The molecule has 30 heavy (non-hydrogen) atoms. The van der Waals surface area contributed by atoms with Crippen molar-refractivity contribution in [1.29, 1.82) is 0 Å². The summed E-state index contributed by atoms with van der Waals surface area (Å²) in [5.41, 5.74) is 2.15. The van der Waals surface area contributed by atoms with Crippen LogP contribution in [0.2, 0.25) is 10.0 Å². The quantitative estimate of drug-likeness (QED) is 0.248. The van der Waals surface area contributed by atoms with Crippen molar-refractivity contribution in [3.05, 3.63) is 69.4 Å². The summed E-state index contributed by atoms with van der Waals surface area (Å²) in [5, 5.41) is 13.3. The second-order valence-electron chi connectivity index (χ2n) is 6.16. The third-order valence-electron chi connectivity index (χ3n) is 4.22. The fourth-order valence-corrected chi connectivity index (χ4v) is 5.34. The molecule has 2 aromatic heterocycles. The van der Waals surface area contributed by atoms with Gasteiger partial charge in [-0.3, -0.25) is 10.1 Å². The van der Waals surface area contributed by atoms with E-state index < -0.39 is 5.91 Å². The Kier molecular flexibility index (Phi) is 6.60. The second kappa shape index (κ2) is 9.36. The normalized spacial score (nSPS) is 11.2. The van der Waals surface area contributed by atoms with Crippen molar-refractivity contribution >= 4 is 68.3 Å². The largest absolute Gasteiger partial charge is 0.451 e. The van der Waals surface area contributed by atoms with Crippen molar-refractivity contribution in [1.82, 2.24) is 10.2 Å². The molecule has 0 fully saturated rings. The van der Waals surface area contributed by atoms with Crippen molar-refractivity contribution in [3.63, 3.8) is 0 Å². The molecule has 0 radical (unpaired) electrons. The zero-order valence-electron chi connectivity index (χ0n) is 15.6. The molecule has 0 spiro atoms. The van der Waals surface area contributed by atoms with Crippen LogP contribution in [0.5, 0.6) is 0 Å². The Hall–Kier alpha value is -2.10. The predicted octanol–water partition coefficient (Wildman–Crippen LogP) is 6.28. The highest BCUT2D eigenvalue weighted by atomic mass is 35.5. The van der Waals surface area contributed by atoms with Crippen molar-refractivity contribution in [2.24, 2.45) is 0 Å². The lowest BCUT2D eigenvalue weighted by atomic mass is 10.1. The fourth-order valence-electron chi connectivity index (χ4n) is 2.85. The molecule has 1 amide bonds. The molecule has 6 nitrogen and oxygen atoms in total. The lowest BCUT2D eigenvalue weighted by Crippen LogP contribution is -2.13. The molecule has 4 rings (SSSR count). The minimum absolute atomic E-state index is 0.199. The molecule has 2 heterocycles. The topological polar surface area (TPSA) is 77.2 Å². The number of anilines is 1. The van der Waals surface area contributed by atoms with Gasteiger partial charge in [-0.15, -0.1) is 10.2 Å². The predicted molar refractivity (Wildman–Crippen MR) is 121 cm³/mol. The van der Waals surface area contributed by atoms with Crippen LogP contribution in [0.3, 0.4) is 0 Å². The Morgan fingerprint density at radius 2 is 1.90 bits per heavy atom. The lowest BCUT2D eigenvalue weighted by molar-refractivity contribution is 0.0992. The van der Waals surface area contributed by atoms with E-state index in [2.05, 4.69) is 15.5 Å². The average molecular weight is 480 g/mol. The van der Waals surface area contributed by atoms with Gasteiger partial charge in [0, 0.05) is 33.9 Å². The van der Waals surface area contributed by atoms with Crippen molar-refractivity contribution in [2.45, 2.75) is 16.7 Å². The number of para-hydroxylation sites is 1. The van der Waals surface area contributed by atoms with Crippen LogP contribution >= 0.6 is 46.3 Å². The molecule has 0 saturated carbocycles. The van der Waals surface area contributed by atoms with Gasteiger partial charge < -0.3 is 9.15 Å². The van der Waals surface area contributed by atoms with Crippen LogP contribution in [-0.2, 0) is 17.1 Å². The zero-order valence-corrected chi connectivity index (χ0v) is 18.8. The number of halogens is 2. The molecule has 0 unspecified atom stereocenters. The van der Waals surface area contributed by atoms with Gasteiger partial charge in [0.05, 0.1) is 6.61 Å². The van der Waals surface area contributed by atoms with Crippen molar-refractivity contribution in [3.8, 4) is 0 Å². The molecule has 0 bridgehead atoms. The van der Waals surface area contributed by atoms with Crippen molar-refractivity contribution < 1.29 is 13.9 Å². The number of nitrogens with zero attached hydrogens (tertiary/aromatic N) is 2. The van der Waals surface area contributed by atoms with Crippen LogP contribution in [0.15, 0.2) is 51.2 Å². The molecule has 0 atom stereocenters. The van der Waals surface area contributed by atoms with Gasteiger partial charge in [-0.05, 0) is 23.8 Å². The van der Waals surface area contributed by atoms with E-state index in [1.807, 2.05) is 24.3 Å². The Morgan fingerprint density at radius 3 is 2.67 bits per heavy atom. The molecule has 10 heteroatoms. The molecule has 0 saturated heterocycles. The molecule has 2 aromatic carbocycles. The number of amides is 1. The number of benzene rings is 2. The average Bonchev–Trinajstić information content (AvgIpc) is 3.33. The maximum absolute atomic E-state index is 12.8. The van der Waals surface area contributed by atoms with Gasteiger partial charge in [-0.2, -0.15) is 0 Å². The van der Waals surface area contributed by atoms with Gasteiger partial charge in [-0.1, -0.05) is 70.6 Å². The molecule has 154 valence electrons. The number of carbonyl (C=O) groups excluding carboxylic acids is 1. The highest BCUT2D eigenvalue weighted by Crippen LogP contribution is 2.34. The number of furan rings is 1. The van der Waals surface area contributed by atoms with Crippen molar-refractivity contribution in [2.75, 3.05) is 12.4 Å². The molecule has 4 aromatic rings. The maximum atomic E-state index is 12.8. The van der Waals surface area contributed by atoms with Gasteiger partial charge in [-0.25, -0.2) is 0 Å². The summed E-state index contributed by atoms with van der Waals surface area (Å²) >= 11 is 15.1. The number of ether oxygens (including phenoxy) is 1. The minimum Gasteiger partial charge on any atom is -0.451 e. The van der Waals surface area contributed by atoms with Crippen LogP contribution < -0.4 is 5.32 Å². The van der Waals surface area contributed by atoms with Gasteiger partial charge in [0.2, 0.25) is 5.13 Å². The summed E-state index contributed by atoms with van der Waals surface area (Å²) in [6, 6.07) is 12.8. The maximum Gasteiger partial charge on any atom is 0.293 e. The van der Waals surface area contributed by atoms with Gasteiger partial charge in [0.15, 0.2) is 10.1 Å². The van der Waals surface area contributed by atoms with E-state index in [0.717, 1.165) is 10.9 Å². The SMILES string of the molecule is COCc1c(C(=O)Nc2nnc(SCc3c(Cl)cccc3Cl)s2)oc2ccccc12. The zero-order chi connectivity index (χ0) is 21.1. The van der Waals surface area contributed by atoms with E-state index in [9.17, 15) is 4.79 Å². The first-order valence-corrected chi connectivity index (χ1v) is 11.3. The van der Waals surface area contributed by atoms with Crippen LogP contribution in [0.25, 0.3) is 11.0 Å². The van der Waals surface area contributed by atoms with Crippen LogP contribution in [0.1, 0.15) is 21.7 Å². The minimum atomic E-state index is -0.403. The molecule has 0 aliphatic heterocycles.